The molecule has 0 radical (unpaired) electrons. The van der Waals surface area contributed by atoms with E-state index in [4.69, 9.17) is 16.3 Å². The number of amides is 1. The van der Waals surface area contributed by atoms with Crippen LogP contribution in [0.25, 0.3) is 0 Å². The SMILES string of the molecule is CC(C)CSc1nnc(NC(=O)C2CN(S(C)(=O)=O)c3cc(Cl)ccc3O2)s1. The molecular formula is C16H19ClN4O4S3. The van der Waals surface area contributed by atoms with E-state index in [-0.39, 0.29) is 12.3 Å². The third-order valence-corrected chi connectivity index (χ3v) is 7.44. The number of carbonyl (C=O) groups is 1. The lowest BCUT2D eigenvalue weighted by molar-refractivity contribution is -0.122. The molecule has 1 unspecified atom stereocenters. The number of rotatable bonds is 6. The summed E-state index contributed by atoms with van der Waals surface area (Å²) in [7, 11) is -3.62. The number of ether oxygens (including phenoxy) is 1. The summed E-state index contributed by atoms with van der Waals surface area (Å²) in [6.45, 7) is 4.05. The van der Waals surface area contributed by atoms with Gasteiger partial charge in [0.25, 0.3) is 5.91 Å². The molecular weight excluding hydrogens is 444 g/mol. The summed E-state index contributed by atoms with van der Waals surface area (Å²) in [6.07, 6.45) is 0.0417. The maximum Gasteiger partial charge on any atom is 0.269 e. The Kier molecular flexibility index (Phi) is 6.37. The van der Waals surface area contributed by atoms with Gasteiger partial charge in [-0.3, -0.25) is 14.4 Å². The number of nitrogens with zero attached hydrogens (tertiary/aromatic N) is 3. The van der Waals surface area contributed by atoms with Crippen molar-refractivity contribution >= 4 is 61.4 Å². The van der Waals surface area contributed by atoms with E-state index in [0.717, 1.165) is 20.7 Å². The predicted octanol–water partition coefficient (Wildman–Crippen LogP) is 3.11. The zero-order valence-corrected chi connectivity index (χ0v) is 18.6. The Bertz CT molecular complexity index is 980. The highest BCUT2D eigenvalue weighted by atomic mass is 35.5. The summed E-state index contributed by atoms with van der Waals surface area (Å²) in [5.41, 5.74) is 0.308. The smallest absolute Gasteiger partial charge is 0.269 e. The van der Waals surface area contributed by atoms with Crippen LogP contribution in [0, 0.1) is 5.92 Å². The van der Waals surface area contributed by atoms with Crippen LogP contribution in [0.15, 0.2) is 22.5 Å². The van der Waals surface area contributed by atoms with Gasteiger partial charge in [0.1, 0.15) is 5.75 Å². The van der Waals surface area contributed by atoms with Crippen LogP contribution in [-0.4, -0.2) is 49.2 Å². The van der Waals surface area contributed by atoms with Crippen LogP contribution in [0.3, 0.4) is 0 Å². The van der Waals surface area contributed by atoms with E-state index >= 15 is 0 Å². The minimum Gasteiger partial charge on any atom is -0.476 e. The van der Waals surface area contributed by atoms with Gasteiger partial charge in [-0.25, -0.2) is 8.42 Å². The molecule has 8 nitrogen and oxygen atoms in total. The molecule has 0 bridgehead atoms. The zero-order valence-electron chi connectivity index (χ0n) is 15.4. The minimum atomic E-state index is -3.62. The first kappa shape index (κ1) is 21.2. The molecule has 1 amide bonds. The van der Waals surface area contributed by atoms with Crippen molar-refractivity contribution in [2.24, 2.45) is 5.92 Å². The molecule has 1 aromatic carbocycles. The molecule has 3 rings (SSSR count). The highest BCUT2D eigenvalue weighted by Crippen LogP contribution is 2.37. The Morgan fingerprint density at radius 3 is 2.89 bits per heavy atom. The molecule has 1 atom stereocenters. The average molecular weight is 463 g/mol. The van der Waals surface area contributed by atoms with Crippen LogP contribution < -0.4 is 14.4 Å². The number of hydrogen-bond donors (Lipinski definition) is 1. The number of halogens is 1. The summed E-state index contributed by atoms with van der Waals surface area (Å²) in [6, 6.07) is 4.61. The molecule has 0 saturated carbocycles. The quantitative estimate of drug-likeness (QED) is 0.519. The number of aromatic nitrogens is 2. The van der Waals surface area contributed by atoms with Gasteiger partial charge >= 0.3 is 0 Å². The highest BCUT2D eigenvalue weighted by Gasteiger charge is 2.35. The Morgan fingerprint density at radius 1 is 1.46 bits per heavy atom. The second-order valence-corrected chi connectivity index (χ2v) is 11.2. The normalized spacial score (nSPS) is 16.6. The van der Waals surface area contributed by atoms with E-state index in [1.807, 2.05) is 0 Å². The lowest BCUT2D eigenvalue weighted by Gasteiger charge is -2.33. The number of fused-ring (bicyclic) bond motifs is 1. The molecule has 0 aliphatic carbocycles. The van der Waals surface area contributed by atoms with Gasteiger partial charge in [0.05, 0.1) is 18.5 Å². The van der Waals surface area contributed by atoms with Crippen molar-refractivity contribution < 1.29 is 17.9 Å². The lowest BCUT2D eigenvalue weighted by Crippen LogP contribution is -2.48. The Labute approximate surface area is 176 Å². The molecule has 12 heteroatoms. The van der Waals surface area contributed by atoms with E-state index in [2.05, 4.69) is 29.4 Å². The van der Waals surface area contributed by atoms with Gasteiger partial charge in [0.2, 0.25) is 15.2 Å². The van der Waals surface area contributed by atoms with E-state index in [9.17, 15) is 13.2 Å². The van der Waals surface area contributed by atoms with Crippen molar-refractivity contribution in [3.8, 4) is 5.75 Å². The monoisotopic (exact) mass is 462 g/mol. The molecule has 1 N–H and O–H groups in total. The Hall–Kier alpha value is -1.56. The summed E-state index contributed by atoms with van der Waals surface area (Å²) >= 11 is 8.81. The van der Waals surface area contributed by atoms with Crippen LogP contribution >= 0.6 is 34.7 Å². The molecule has 1 aliphatic rings. The fraction of sp³-hybridized carbons (Fsp3) is 0.438. The largest absolute Gasteiger partial charge is 0.476 e. The summed E-state index contributed by atoms with van der Waals surface area (Å²) in [5.74, 6) is 1.19. The van der Waals surface area contributed by atoms with Crippen molar-refractivity contribution in [2.75, 3.05) is 28.2 Å². The average Bonchev–Trinajstić information content (AvgIpc) is 3.05. The molecule has 28 heavy (non-hydrogen) atoms. The van der Waals surface area contributed by atoms with Crippen molar-refractivity contribution in [1.82, 2.24) is 10.2 Å². The van der Waals surface area contributed by atoms with Gasteiger partial charge in [-0.05, 0) is 24.1 Å². The van der Waals surface area contributed by atoms with E-state index in [1.165, 1.54) is 17.4 Å². The van der Waals surface area contributed by atoms with Crippen molar-refractivity contribution in [1.29, 1.82) is 0 Å². The molecule has 1 aliphatic heterocycles. The molecule has 0 spiro atoms. The third-order valence-electron chi connectivity index (χ3n) is 3.66. The minimum absolute atomic E-state index is 0.161. The Balaban J connectivity index is 1.75. The summed E-state index contributed by atoms with van der Waals surface area (Å²) in [5, 5.41) is 11.4. The van der Waals surface area contributed by atoms with Gasteiger partial charge in [0, 0.05) is 10.8 Å². The second-order valence-electron chi connectivity index (χ2n) is 6.58. The fourth-order valence-corrected chi connectivity index (χ4v) is 5.22. The fourth-order valence-electron chi connectivity index (χ4n) is 2.42. The maximum absolute atomic E-state index is 12.6. The van der Waals surface area contributed by atoms with Crippen molar-refractivity contribution in [3.63, 3.8) is 0 Å². The number of hydrogen-bond acceptors (Lipinski definition) is 8. The molecule has 1 aromatic heterocycles. The standard InChI is InChI=1S/C16H19ClN4O4S3/c1-9(2)8-26-16-20-19-15(27-16)18-14(22)13-7-21(28(3,23)24)11-6-10(17)4-5-12(11)25-13/h4-6,9,13H,7-8H2,1-3H3,(H,18,19,22). The number of sulfonamides is 1. The molecule has 0 saturated heterocycles. The first-order chi connectivity index (χ1) is 13.1. The van der Waals surface area contributed by atoms with Gasteiger partial charge in [0.15, 0.2) is 10.4 Å². The van der Waals surface area contributed by atoms with Gasteiger partial charge < -0.3 is 4.74 Å². The van der Waals surface area contributed by atoms with Crippen LogP contribution in [0.2, 0.25) is 5.02 Å². The molecule has 2 heterocycles. The number of carbonyl (C=O) groups excluding carboxylic acids is 1. The highest BCUT2D eigenvalue weighted by molar-refractivity contribution is 8.01. The number of benzene rings is 1. The van der Waals surface area contributed by atoms with Gasteiger partial charge in [-0.1, -0.05) is 48.5 Å². The zero-order chi connectivity index (χ0) is 20.5. The van der Waals surface area contributed by atoms with Crippen LogP contribution in [0.5, 0.6) is 5.75 Å². The molecule has 2 aromatic rings. The van der Waals surface area contributed by atoms with Crippen LogP contribution in [0.4, 0.5) is 10.8 Å². The number of anilines is 2. The van der Waals surface area contributed by atoms with Crippen molar-refractivity contribution in [2.45, 2.75) is 24.3 Å². The number of thioether (sulfide) groups is 1. The lowest BCUT2D eigenvalue weighted by atomic mass is 10.2. The van der Waals surface area contributed by atoms with Crippen LogP contribution in [-0.2, 0) is 14.8 Å². The van der Waals surface area contributed by atoms with E-state index in [1.54, 1.807) is 23.9 Å². The third kappa shape index (κ3) is 5.07. The first-order valence-corrected chi connectivity index (χ1v) is 12.4. The van der Waals surface area contributed by atoms with Crippen LogP contribution in [0.1, 0.15) is 13.8 Å². The molecule has 152 valence electrons. The molecule has 0 fully saturated rings. The second kappa shape index (κ2) is 8.44. The first-order valence-electron chi connectivity index (χ1n) is 8.34. The van der Waals surface area contributed by atoms with Gasteiger partial charge in [-0.15, -0.1) is 10.2 Å². The van der Waals surface area contributed by atoms with E-state index in [0.29, 0.717) is 21.8 Å². The van der Waals surface area contributed by atoms with Gasteiger partial charge in [-0.2, -0.15) is 0 Å². The predicted molar refractivity (Wildman–Crippen MR) is 112 cm³/mol. The van der Waals surface area contributed by atoms with E-state index < -0.39 is 22.0 Å². The summed E-state index contributed by atoms with van der Waals surface area (Å²) < 4.78 is 32.0. The van der Waals surface area contributed by atoms with Crippen molar-refractivity contribution in [3.05, 3.63) is 23.2 Å². The maximum atomic E-state index is 12.6. The Morgan fingerprint density at radius 2 is 2.21 bits per heavy atom. The number of nitrogens with one attached hydrogen (secondary N) is 1. The topological polar surface area (TPSA) is 101 Å². The summed E-state index contributed by atoms with van der Waals surface area (Å²) in [4.78, 5) is 12.6.